The van der Waals surface area contributed by atoms with Gasteiger partial charge in [-0.25, -0.2) is 0 Å². The zero-order chi connectivity index (χ0) is 26.1. The number of benzene rings is 3. The van der Waals surface area contributed by atoms with Gasteiger partial charge in [0, 0.05) is 39.8 Å². The van der Waals surface area contributed by atoms with Crippen molar-refractivity contribution in [3.63, 3.8) is 0 Å². The number of hydrogen-bond acceptors (Lipinski definition) is 5. The number of likely N-dealkylation sites (tertiary alicyclic amines) is 1. The Morgan fingerprint density at radius 2 is 1.78 bits per heavy atom. The number of para-hydroxylation sites is 1. The summed E-state index contributed by atoms with van der Waals surface area (Å²) in [6.07, 6.45) is 2.41. The Bertz CT molecular complexity index is 1520. The van der Waals surface area contributed by atoms with Crippen LogP contribution in [0.4, 0.5) is 0 Å². The summed E-state index contributed by atoms with van der Waals surface area (Å²) in [4.78, 5) is 31.5. The third kappa shape index (κ3) is 4.42. The quantitative estimate of drug-likeness (QED) is 0.192. The minimum absolute atomic E-state index is 0.0159. The molecule has 0 aliphatic carbocycles. The van der Waals surface area contributed by atoms with E-state index in [2.05, 4.69) is 4.98 Å². The number of carbonyl (C=O) groups excluding carboxylic acids is 2. The molecule has 1 atom stereocenters. The third-order valence-electron chi connectivity index (χ3n) is 6.69. The van der Waals surface area contributed by atoms with Crippen molar-refractivity contribution in [2.45, 2.75) is 12.5 Å². The molecule has 0 spiro atoms. The summed E-state index contributed by atoms with van der Waals surface area (Å²) in [6.45, 7) is 0.245. The van der Waals surface area contributed by atoms with E-state index in [4.69, 9.17) is 21.1 Å². The maximum atomic E-state index is 13.4. The molecule has 8 heteroatoms. The number of nitrogens with zero attached hydrogens (tertiary/aromatic N) is 1. The van der Waals surface area contributed by atoms with Gasteiger partial charge in [0.1, 0.15) is 17.3 Å². The molecule has 0 saturated carbocycles. The van der Waals surface area contributed by atoms with Crippen LogP contribution in [0.5, 0.6) is 11.5 Å². The number of hydrogen-bond donors (Lipinski definition) is 2. The molecule has 188 valence electrons. The summed E-state index contributed by atoms with van der Waals surface area (Å²) in [5, 5.41) is 12.8. The number of H-pyrrole nitrogens is 1. The van der Waals surface area contributed by atoms with Crippen LogP contribution in [-0.2, 0) is 16.0 Å². The number of Topliss-reactive ketones (excluding diaryl/α,β-unsaturated/α-hetero) is 1. The summed E-state index contributed by atoms with van der Waals surface area (Å²) in [7, 11) is 3.05. The molecule has 1 aliphatic heterocycles. The van der Waals surface area contributed by atoms with Crippen LogP contribution in [-0.4, -0.2) is 47.4 Å². The molecule has 1 aromatic heterocycles. The van der Waals surface area contributed by atoms with Crippen molar-refractivity contribution in [1.82, 2.24) is 9.88 Å². The van der Waals surface area contributed by atoms with E-state index in [0.29, 0.717) is 34.1 Å². The van der Waals surface area contributed by atoms with Crippen LogP contribution in [0, 0.1) is 0 Å². The molecular formula is C29H25ClN2O5. The van der Waals surface area contributed by atoms with Crippen LogP contribution < -0.4 is 9.47 Å². The van der Waals surface area contributed by atoms with Crippen molar-refractivity contribution in [3.05, 3.63) is 100 Å². The number of fused-ring (bicyclic) bond motifs is 1. The van der Waals surface area contributed by atoms with Crippen LogP contribution in [0.1, 0.15) is 22.7 Å². The molecule has 4 aromatic rings. The Morgan fingerprint density at radius 3 is 2.51 bits per heavy atom. The Kier molecular flexibility index (Phi) is 6.63. The minimum Gasteiger partial charge on any atom is -0.507 e. The molecule has 0 radical (unpaired) electrons. The number of amides is 1. The van der Waals surface area contributed by atoms with Crippen molar-refractivity contribution >= 4 is 40.0 Å². The first-order chi connectivity index (χ1) is 17.9. The third-order valence-corrected chi connectivity index (χ3v) is 6.94. The number of aliphatic hydroxyl groups excluding tert-OH is 1. The van der Waals surface area contributed by atoms with Gasteiger partial charge in [-0.2, -0.15) is 0 Å². The highest BCUT2D eigenvalue weighted by Crippen LogP contribution is 2.44. The van der Waals surface area contributed by atoms with Crippen LogP contribution in [0.2, 0.25) is 5.02 Å². The maximum Gasteiger partial charge on any atom is 0.295 e. The number of aromatic amines is 1. The van der Waals surface area contributed by atoms with Crippen molar-refractivity contribution in [1.29, 1.82) is 0 Å². The number of aliphatic hydroxyl groups is 1. The molecule has 1 fully saturated rings. The Labute approximate surface area is 218 Å². The van der Waals surface area contributed by atoms with Gasteiger partial charge in [-0.1, -0.05) is 29.8 Å². The van der Waals surface area contributed by atoms with E-state index in [1.165, 1.54) is 19.1 Å². The Hall–Kier alpha value is -4.23. The van der Waals surface area contributed by atoms with E-state index >= 15 is 0 Å². The van der Waals surface area contributed by atoms with Crippen LogP contribution in [0.3, 0.4) is 0 Å². The lowest BCUT2D eigenvalue weighted by atomic mass is 9.94. The lowest BCUT2D eigenvalue weighted by Gasteiger charge is -2.27. The fourth-order valence-corrected chi connectivity index (χ4v) is 4.96. The first-order valence-corrected chi connectivity index (χ1v) is 12.1. The molecule has 1 unspecified atom stereocenters. The Morgan fingerprint density at radius 1 is 1.03 bits per heavy atom. The number of methoxy groups -OCH3 is 2. The molecule has 1 saturated heterocycles. The van der Waals surface area contributed by atoms with E-state index < -0.39 is 17.7 Å². The van der Waals surface area contributed by atoms with Crippen molar-refractivity contribution in [3.8, 4) is 11.5 Å². The minimum atomic E-state index is -0.883. The number of carbonyl (C=O) groups is 2. The van der Waals surface area contributed by atoms with E-state index in [1.54, 1.807) is 42.5 Å². The maximum absolute atomic E-state index is 13.4. The predicted molar refractivity (Wildman–Crippen MR) is 142 cm³/mol. The summed E-state index contributed by atoms with van der Waals surface area (Å²) in [5.74, 6) is -0.734. The standard InChI is InChI=1S/C29H25ClN2O5/c1-36-20-11-12-24(37-2)22(15-20)26-25(27(33)17-7-9-19(30)10-8-17)28(34)29(35)32(26)14-13-18-16-31-23-6-4-3-5-21(18)23/h3-12,15-16,26,31,33H,13-14H2,1-2H3/b27-25+. The fourth-order valence-electron chi connectivity index (χ4n) is 4.83. The van der Waals surface area contributed by atoms with Crippen molar-refractivity contribution in [2.24, 2.45) is 0 Å². The summed E-state index contributed by atoms with van der Waals surface area (Å²) in [5.41, 5.74) is 2.92. The Balaban J connectivity index is 1.63. The van der Waals surface area contributed by atoms with Crippen molar-refractivity contribution in [2.75, 3.05) is 20.8 Å². The number of aromatic nitrogens is 1. The molecular weight excluding hydrogens is 492 g/mol. The normalized spacial score (nSPS) is 16.9. The van der Waals surface area contributed by atoms with Gasteiger partial charge in [0.2, 0.25) is 0 Å². The lowest BCUT2D eigenvalue weighted by Crippen LogP contribution is -2.31. The van der Waals surface area contributed by atoms with Gasteiger partial charge in [-0.05, 0) is 60.5 Å². The largest absolute Gasteiger partial charge is 0.507 e. The molecule has 5 rings (SSSR count). The zero-order valence-corrected chi connectivity index (χ0v) is 21.1. The molecule has 3 aromatic carbocycles. The second-order valence-corrected chi connectivity index (χ2v) is 9.15. The first-order valence-electron chi connectivity index (χ1n) is 11.7. The smallest absolute Gasteiger partial charge is 0.295 e. The zero-order valence-electron chi connectivity index (χ0n) is 20.3. The van der Waals surface area contributed by atoms with Gasteiger partial charge in [0.15, 0.2) is 0 Å². The number of ether oxygens (including phenoxy) is 2. The summed E-state index contributed by atoms with van der Waals surface area (Å²) >= 11 is 6.02. The van der Waals surface area contributed by atoms with Crippen LogP contribution >= 0.6 is 11.6 Å². The average Bonchev–Trinajstić information content (AvgIpc) is 3.45. The van der Waals surface area contributed by atoms with Gasteiger partial charge in [-0.3, -0.25) is 9.59 Å². The van der Waals surface area contributed by atoms with E-state index in [-0.39, 0.29) is 17.9 Å². The number of halogens is 1. The first kappa shape index (κ1) is 24.5. The second kappa shape index (κ2) is 10.0. The summed E-state index contributed by atoms with van der Waals surface area (Å²) < 4.78 is 11.0. The molecule has 2 heterocycles. The highest BCUT2D eigenvalue weighted by Gasteiger charge is 2.47. The highest BCUT2D eigenvalue weighted by molar-refractivity contribution is 6.46. The fraction of sp³-hybridized carbons (Fsp3) is 0.172. The predicted octanol–water partition coefficient (Wildman–Crippen LogP) is 5.50. The molecule has 1 amide bonds. The highest BCUT2D eigenvalue weighted by atomic mass is 35.5. The van der Waals surface area contributed by atoms with Gasteiger partial charge < -0.3 is 24.5 Å². The molecule has 7 nitrogen and oxygen atoms in total. The molecule has 0 bridgehead atoms. The van der Waals surface area contributed by atoms with Gasteiger partial charge in [-0.15, -0.1) is 0 Å². The molecule has 1 aliphatic rings. The average molecular weight is 517 g/mol. The number of rotatable bonds is 7. The van der Waals surface area contributed by atoms with Gasteiger partial charge in [0.25, 0.3) is 11.7 Å². The van der Waals surface area contributed by atoms with E-state index in [9.17, 15) is 14.7 Å². The van der Waals surface area contributed by atoms with Crippen LogP contribution in [0.25, 0.3) is 16.7 Å². The van der Waals surface area contributed by atoms with Crippen molar-refractivity contribution < 1.29 is 24.2 Å². The molecule has 2 N–H and O–H groups in total. The van der Waals surface area contributed by atoms with Gasteiger partial charge in [0.05, 0.1) is 25.8 Å². The monoisotopic (exact) mass is 516 g/mol. The number of nitrogens with one attached hydrogen (secondary N) is 1. The second-order valence-electron chi connectivity index (χ2n) is 8.72. The SMILES string of the molecule is COc1ccc(OC)c(C2/C(=C(\O)c3ccc(Cl)cc3)C(=O)C(=O)N2CCc2c[nH]c3ccccc23)c1. The topological polar surface area (TPSA) is 91.9 Å². The molecule has 37 heavy (non-hydrogen) atoms. The van der Waals surface area contributed by atoms with E-state index in [0.717, 1.165) is 16.5 Å². The number of ketones is 1. The van der Waals surface area contributed by atoms with E-state index in [1.807, 2.05) is 30.5 Å². The van der Waals surface area contributed by atoms with Crippen LogP contribution in [0.15, 0.2) is 78.5 Å². The van der Waals surface area contributed by atoms with Gasteiger partial charge >= 0.3 is 0 Å². The summed E-state index contributed by atoms with van der Waals surface area (Å²) in [6, 6.07) is 18.6. The lowest BCUT2D eigenvalue weighted by molar-refractivity contribution is -0.139.